The zero-order valence-corrected chi connectivity index (χ0v) is 14.3. The normalized spacial score (nSPS) is 12.9. The monoisotopic (exact) mass is 338 g/mol. The Morgan fingerprint density at radius 2 is 1.35 bits per heavy atom. The predicted molar refractivity (Wildman–Crippen MR) is 87.3 cm³/mol. The molecule has 1 unspecified atom stereocenters. The van der Waals surface area contributed by atoms with Crippen molar-refractivity contribution in [2.24, 2.45) is 5.73 Å². The molecule has 0 saturated carbocycles. The van der Waals surface area contributed by atoms with Crippen LogP contribution in [0, 0.1) is 0 Å². The van der Waals surface area contributed by atoms with Crippen LogP contribution in [0.25, 0.3) is 0 Å². The molecule has 4 N–H and O–H groups in total. The first-order valence-corrected chi connectivity index (χ1v) is 8.29. The third-order valence-electron chi connectivity index (χ3n) is 2.94. The van der Waals surface area contributed by atoms with E-state index in [1.807, 2.05) is 6.92 Å². The predicted octanol–water partition coefficient (Wildman–Crippen LogP) is -0.966. The molecular formula is C15H34N2O6. The van der Waals surface area contributed by atoms with Crippen molar-refractivity contribution in [3.8, 4) is 0 Å². The van der Waals surface area contributed by atoms with Gasteiger partial charge in [0.25, 0.3) is 0 Å². The van der Waals surface area contributed by atoms with Gasteiger partial charge in [-0.15, -0.1) is 0 Å². The molecule has 0 aromatic heterocycles. The van der Waals surface area contributed by atoms with Crippen molar-refractivity contribution in [3.63, 3.8) is 0 Å². The number of rotatable bonds is 18. The van der Waals surface area contributed by atoms with Crippen LogP contribution in [0.2, 0.25) is 0 Å². The van der Waals surface area contributed by atoms with Crippen LogP contribution in [0.3, 0.4) is 0 Å². The van der Waals surface area contributed by atoms with Crippen molar-refractivity contribution in [2.75, 3.05) is 79.1 Å². The lowest BCUT2D eigenvalue weighted by Gasteiger charge is -2.22. The lowest BCUT2D eigenvalue weighted by atomic mass is 10.4. The standard InChI is InChI=1S/C15H34N2O6/c1-2-8-23-15(16)14-22-11-5-17(3-9-20-12-6-18)4-10-21-13-7-19/h15,18-19H,2-14,16H2,1H3. The Balaban J connectivity index is 3.80. The van der Waals surface area contributed by atoms with E-state index >= 15 is 0 Å². The fraction of sp³-hybridized carbons (Fsp3) is 1.00. The second-order valence-electron chi connectivity index (χ2n) is 5.00. The molecule has 0 amide bonds. The number of hydrogen-bond donors (Lipinski definition) is 3. The number of nitrogens with two attached hydrogens (primary N) is 1. The van der Waals surface area contributed by atoms with Crippen LogP contribution >= 0.6 is 0 Å². The van der Waals surface area contributed by atoms with E-state index in [2.05, 4.69) is 4.90 Å². The molecule has 0 bridgehead atoms. The summed E-state index contributed by atoms with van der Waals surface area (Å²) in [4.78, 5) is 2.15. The molecule has 23 heavy (non-hydrogen) atoms. The minimum absolute atomic E-state index is 0.0262. The van der Waals surface area contributed by atoms with E-state index in [9.17, 15) is 0 Å². The van der Waals surface area contributed by atoms with Crippen LogP contribution in [-0.2, 0) is 18.9 Å². The zero-order valence-electron chi connectivity index (χ0n) is 14.3. The molecule has 8 nitrogen and oxygen atoms in total. The summed E-state index contributed by atoms with van der Waals surface area (Å²) < 4.78 is 21.4. The maximum Gasteiger partial charge on any atom is 0.129 e. The Bertz CT molecular complexity index is 224. The molecule has 0 saturated heterocycles. The molecule has 0 aliphatic heterocycles. The maximum atomic E-state index is 8.69. The second kappa shape index (κ2) is 18.0. The van der Waals surface area contributed by atoms with Gasteiger partial charge in [-0.1, -0.05) is 6.92 Å². The van der Waals surface area contributed by atoms with Gasteiger partial charge in [0.2, 0.25) is 0 Å². The molecule has 0 aliphatic carbocycles. The average molecular weight is 338 g/mol. The minimum Gasteiger partial charge on any atom is -0.394 e. The first kappa shape index (κ1) is 22.7. The van der Waals surface area contributed by atoms with Gasteiger partial charge in [0.1, 0.15) is 6.23 Å². The number of aliphatic hydroxyl groups excluding tert-OH is 2. The summed E-state index contributed by atoms with van der Waals surface area (Å²) in [5, 5.41) is 17.4. The lowest BCUT2D eigenvalue weighted by Crippen LogP contribution is -2.36. The van der Waals surface area contributed by atoms with Crippen LogP contribution < -0.4 is 5.73 Å². The Morgan fingerprint density at radius 1 is 0.826 bits per heavy atom. The largest absolute Gasteiger partial charge is 0.394 e. The third kappa shape index (κ3) is 16.3. The summed E-state index contributed by atoms with van der Waals surface area (Å²) in [6.45, 7) is 7.59. The van der Waals surface area contributed by atoms with Crippen LogP contribution in [0.1, 0.15) is 13.3 Å². The maximum absolute atomic E-state index is 8.69. The van der Waals surface area contributed by atoms with Crippen molar-refractivity contribution in [1.82, 2.24) is 4.90 Å². The molecule has 140 valence electrons. The van der Waals surface area contributed by atoms with E-state index in [0.29, 0.717) is 46.2 Å². The molecule has 0 rings (SSSR count). The van der Waals surface area contributed by atoms with Gasteiger partial charge in [0, 0.05) is 26.2 Å². The van der Waals surface area contributed by atoms with E-state index in [1.165, 1.54) is 0 Å². The molecule has 0 fully saturated rings. The van der Waals surface area contributed by atoms with E-state index in [1.54, 1.807) is 0 Å². The fourth-order valence-corrected chi connectivity index (χ4v) is 1.77. The quantitative estimate of drug-likeness (QED) is 0.217. The summed E-state index contributed by atoms with van der Waals surface area (Å²) in [6.07, 6.45) is 0.549. The molecule has 0 radical (unpaired) electrons. The SMILES string of the molecule is CCCOC(N)COCCN(CCOCCO)CCOCCO. The Hall–Kier alpha value is -0.320. The van der Waals surface area contributed by atoms with E-state index in [0.717, 1.165) is 26.1 Å². The molecule has 0 aromatic carbocycles. The van der Waals surface area contributed by atoms with E-state index < -0.39 is 0 Å². The van der Waals surface area contributed by atoms with Crippen LogP contribution in [0.4, 0.5) is 0 Å². The highest BCUT2D eigenvalue weighted by Gasteiger charge is 2.07. The Labute approximate surface area is 139 Å². The molecule has 8 heteroatoms. The van der Waals surface area contributed by atoms with Gasteiger partial charge >= 0.3 is 0 Å². The first-order chi connectivity index (χ1) is 11.2. The number of nitrogens with zero attached hydrogens (tertiary/aromatic N) is 1. The van der Waals surface area contributed by atoms with Gasteiger partial charge in [-0.2, -0.15) is 0 Å². The summed E-state index contributed by atoms with van der Waals surface area (Å²) in [6, 6.07) is 0. The van der Waals surface area contributed by atoms with Crippen LogP contribution in [0.15, 0.2) is 0 Å². The smallest absolute Gasteiger partial charge is 0.129 e. The van der Waals surface area contributed by atoms with Gasteiger partial charge in [-0.25, -0.2) is 0 Å². The second-order valence-corrected chi connectivity index (χ2v) is 5.00. The van der Waals surface area contributed by atoms with Crippen molar-refractivity contribution in [3.05, 3.63) is 0 Å². The van der Waals surface area contributed by atoms with Crippen LogP contribution in [0.5, 0.6) is 0 Å². The highest BCUT2D eigenvalue weighted by Crippen LogP contribution is 1.93. The summed E-state index contributed by atoms with van der Waals surface area (Å²) in [7, 11) is 0. The Morgan fingerprint density at radius 3 is 1.83 bits per heavy atom. The zero-order chi connectivity index (χ0) is 17.2. The molecule has 0 spiro atoms. The molecule has 0 aliphatic rings. The van der Waals surface area contributed by atoms with E-state index in [-0.39, 0.29) is 19.4 Å². The van der Waals surface area contributed by atoms with E-state index in [4.69, 9.17) is 34.9 Å². The van der Waals surface area contributed by atoms with Gasteiger partial charge in [-0.3, -0.25) is 4.90 Å². The Kier molecular flexibility index (Phi) is 17.8. The van der Waals surface area contributed by atoms with Gasteiger partial charge in [-0.05, 0) is 6.42 Å². The summed E-state index contributed by atoms with van der Waals surface area (Å²) in [5.41, 5.74) is 5.76. The highest BCUT2D eigenvalue weighted by molar-refractivity contribution is 4.57. The van der Waals surface area contributed by atoms with Crippen molar-refractivity contribution < 1.29 is 29.2 Å². The highest BCUT2D eigenvalue weighted by atomic mass is 16.5. The number of ether oxygens (including phenoxy) is 4. The van der Waals surface area contributed by atoms with Crippen molar-refractivity contribution in [2.45, 2.75) is 19.6 Å². The number of aliphatic hydroxyl groups is 2. The van der Waals surface area contributed by atoms with Gasteiger partial charge in [0.05, 0.1) is 52.9 Å². The molecular weight excluding hydrogens is 304 g/mol. The fourth-order valence-electron chi connectivity index (χ4n) is 1.77. The number of hydrogen-bond acceptors (Lipinski definition) is 8. The average Bonchev–Trinajstić information content (AvgIpc) is 2.56. The summed E-state index contributed by atoms with van der Waals surface area (Å²) >= 11 is 0. The molecule has 1 atom stereocenters. The lowest BCUT2D eigenvalue weighted by molar-refractivity contribution is -0.0205. The molecule has 0 aromatic rings. The van der Waals surface area contributed by atoms with Crippen molar-refractivity contribution >= 4 is 0 Å². The van der Waals surface area contributed by atoms with Crippen LogP contribution in [-0.4, -0.2) is 100 Å². The summed E-state index contributed by atoms with van der Waals surface area (Å²) in [5.74, 6) is 0. The van der Waals surface area contributed by atoms with Gasteiger partial charge in [0.15, 0.2) is 0 Å². The minimum atomic E-state index is -0.385. The third-order valence-corrected chi connectivity index (χ3v) is 2.94. The molecule has 0 heterocycles. The van der Waals surface area contributed by atoms with Gasteiger partial charge < -0.3 is 34.9 Å². The topological polar surface area (TPSA) is 107 Å². The van der Waals surface area contributed by atoms with Crippen molar-refractivity contribution in [1.29, 1.82) is 0 Å². The first-order valence-electron chi connectivity index (χ1n) is 8.29.